The Hall–Kier alpha value is -2.90. The van der Waals surface area contributed by atoms with E-state index in [9.17, 15) is 4.79 Å². The molecule has 1 aliphatic heterocycles. The molecule has 132 valence electrons. The fourth-order valence-corrected chi connectivity index (χ4v) is 2.80. The lowest BCUT2D eigenvalue weighted by atomic mass is 10.1. The molecule has 25 heavy (non-hydrogen) atoms. The molecular weight excluding hydrogens is 318 g/mol. The molecule has 0 radical (unpaired) electrons. The van der Waals surface area contributed by atoms with Gasteiger partial charge in [0.1, 0.15) is 5.82 Å². The van der Waals surface area contributed by atoms with Gasteiger partial charge in [-0.2, -0.15) is 0 Å². The SMILES string of the molecule is O=C(NCCNc1ccccn1)N[C@H]1CCCN(c2ncccn2)C1. The van der Waals surface area contributed by atoms with Crippen LogP contribution in [0.3, 0.4) is 0 Å². The number of piperidine rings is 1. The van der Waals surface area contributed by atoms with Crippen LogP contribution in [0.4, 0.5) is 16.6 Å². The Bertz CT molecular complexity index is 653. The van der Waals surface area contributed by atoms with E-state index in [0.29, 0.717) is 19.0 Å². The molecule has 2 aromatic rings. The molecule has 8 nitrogen and oxygen atoms in total. The first-order chi connectivity index (χ1) is 12.3. The van der Waals surface area contributed by atoms with Gasteiger partial charge in [-0.1, -0.05) is 6.07 Å². The van der Waals surface area contributed by atoms with Crippen molar-refractivity contribution < 1.29 is 4.79 Å². The summed E-state index contributed by atoms with van der Waals surface area (Å²) in [5, 5.41) is 9.05. The summed E-state index contributed by atoms with van der Waals surface area (Å²) in [5.74, 6) is 1.52. The van der Waals surface area contributed by atoms with Crippen molar-refractivity contribution in [2.75, 3.05) is 36.4 Å². The maximum atomic E-state index is 12.1. The molecule has 1 saturated heterocycles. The van der Waals surface area contributed by atoms with E-state index >= 15 is 0 Å². The van der Waals surface area contributed by atoms with Crippen LogP contribution in [0.1, 0.15) is 12.8 Å². The quantitative estimate of drug-likeness (QED) is 0.685. The largest absolute Gasteiger partial charge is 0.368 e. The highest BCUT2D eigenvalue weighted by atomic mass is 16.2. The van der Waals surface area contributed by atoms with Gasteiger partial charge in [-0.05, 0) is 31.0 Å². The third-order valence-corrected chi connectivity index (χ3v) is 3.97. The molecular formula is C17H23N7O. The van der Waals surface area contributed by atoms with Gasteiger partial charge in [-0.25, -0.2) is 19.7 Å². The van der Waals surface area contributed by atoms with E-state index in [1.807, 2.05) is 18.2 Å². The summed E-state index contributed by atoms with van der Waals surface area (Å²) in [5.41, 5.74) is 0. The number of amides is 2. The molecule has 8 heteroatoms. The normalized spacial score (nSPS) is 17.0. The molecule has 0 unspecified atom stereocenters. The molecule has 1 aliphatic rings. The minimum Gasteiger partial charge on any atom is -0.368 e. The summed E-state index contributed by atoms with van der Waals surface area (Å²) in [6.07, 6.45) is 7.17. The number of rotatable bonds is 6. The summed E-state index contributed by atoms with van der Waals surface area (Å²) in [4.78, 5) is 26.9. The molecule has 0 aliphatic carbocycles. The van der Waals surface area contributed by atoms with Crippen molar-refractivity contribution in [3.8, 4) is 0 Å². The van der Waals surface area contributed by atoms with Gasteiger partial charge in [0.25, 0.3) is 0 Å². The summed E-state index contributed by atoms with van der Waals surface area (Å²) >= 11 is 0. The first kappa shape index (κ1) is 16.9. The molecule has 3 N–H and O–H groups in total. The zero-order valence-electron chi connectivity index (χ0n) is 14.1. The number of hydrogen-bond acceptors (Lipinski definition) is 6. The van der Waals surface area contributed by atoms with Crippen molar-refractivity contribution in [1.82, 2.24) is 25.6 Å². The second kappa shape index (κ2) is 8.81. The highest BCUT2D eigenvalue weighted by Crippen LogP contribution is 2.15. The summed E-state index contributed by atoms with van der Waals surface area (Å²) in [6.45, 7) is 2.79. The van der Waals surface area contributed by atoms with Crippen molar-refractivity contribution in [2.24, 2.45) is 0 Å². The zero-order valence-corrected chi connectivity index (χ0v) is 14.1. The summed E-state index contributed by atoms with van der Waals surface area (Å²) in [7, 11) is 0. The number of nitrogens with one attached hydrogen (secondary N) is 3. The maximum Gasteiger partial charge on any atom is 0.315 e. The molecule has 0 aromatic carbocycles. The maximum absolute atomic E-state index is 12.1. The second-order valence-corrected chi connectivity index (χ2v) is 5.88. The predicted molar refractivity (Wildman–Crippen MR) is 96.5 cm³/mol. The van der Waals surface area contributed by atoms with E-state index in [1.54, 1.807) is 24.7 Å². The molecule has 3 heterocycles. The standard InChI is InChI=1S/C17H23N7O/c25-17(22-11-10-19-15-6-1-2-7-18-15)23-14-5-3-12-24(13-14)16-20-8-4-9-21-16/h1-2,4,6-9,14H,3,5,10-13H2,(H,18,19)(H2,22,23,25)/t14-/m0/s1. The Morgan fingerprint density at radius 2 is 1.96 bits per heavy atom. The first-order valence-corrected chi connectivity index (χ1v) is 8.52. The van der Waals surface area contributed by atoms with Gasteiger partial charge < -0.3 is 20.9 Å². The lowest BCUT2D eigenvalue weighted by Crippen LogP contribution is -2.51. The monoisotopic (exact) mass is 341 g/mol. The summed E-state index contributed by atoms with van der Waals surface area (Å²) < 4.78 is 0. The van der Waals surface area contributed by atoms with Crippen LogP contribution in [0.2, 0.25) is 0 Å². The van der Waals surface area contributed by atoms with Crippen LogP contribution in [0.5, 0.6) is 0 Å². The van der Waals surface area contributed by atoms with Gasteiger partial charge in [0, 0.05) is 50.8 Å². The predicted octanol–water partition coefficient (Wildman–Crippen LogP) is 1.25. The fraction of sp³-hybridized carbons (Fsp3) is 0.412. The number of carbonyl (C=O) groups excluding carboxylic acids is 1. The number of anilines is 2. The highest BCUT2D eigenvalue weighted by Gasteiger charge is 2.22. The molecule has 0 spiro atoms. The minimum absolute atomic E-state index is 0.0984. The highest BCUT2D eigenvalue weighted by molar-refractivity contribution is 5.74. The van der Waals surface area contributed by atoms with E-state index in [4.69, 9.17) is 0 Å². The van der Waals surface area contributed by atoms with E-state index in [2.05, 4.69) is 35.8 Å². The summed E-state index contributed by atoms with van der Waals surface area (Å²) in [6, 6.07) is 7.42. The average molecular weight is 341 g/mol. The van der Waals surface area contributed by atoms with E-state index < -0.39 is 0 Å². The second-order valence-electron chi connectivity index (χ2n) is 5.88. The fourth-order valence-electron chi connectivity index (χ4n) is 2.80. The van der Waals surface area contributed by atoms with Crippen LogP contribution in [-0.2, 0) is 0 Å². The smallest absolute Gasteiger partial charge is 0.315 e. The topological polar surface area (TPSA) is 95.1 Å². The van der Waals surface area contributed by atoms with Crippen LogP contribution < -0.4 is 20.9 Å². The molecule has 2 amide bonds. The third kappa shape index (κ3) is 5.30. The van der Waals surface area contributed by atoms with Crippen molar-refractivity contribution in [1.29, 1.82) is 0 Å². The van der Waals surface area contributed by atoms with Gasteiger partial charge in [0.2, 0.25) is 5.95 Å². The van der Waals surface area contributed by atoms with Crippen molar-refractivity contribution >= 4 is 17.8 Å². The van der Waals surface area contributed by atoms with Crippen LogP contribution in [-0.4, -0.2) is 53.2 Å². The van der Waals surface area contributed by atoms with Crippen LogP contribution in [0, 0.1) is 0 Å². The Morgan fingerprint density at radius 3 is 2.76 bits per heavy atom. The van der Waals surface area contributed by atoms with Gasteiger partial charge in [-0.3, -0.25) is 0 Å². The lowest BCUT2D eigenvalue weighted by molar-refractivity contribution is 0.235. The van der Waals surface area contributed by atoms with E-state index in [-0.39, 0.29) is 12.1 Å². The van der Waals surface area contributed by atoms with Crippen molar-refractivity contribution in [2.45, 2.75) is 18.9 Å². The minimum atomic E-state index is -0.149. The Labute approximate surface area is 147 Å². The Kier molecular flexibility index (Phi) is 5.97. The van der Waals surface area contributed by atoms with Crippen molar-refractivity contribution in [3.63, 3.8) is 0 Å². The van der Waals surface area contributed by atoms with E-state index in [0.717, 1.165) is 31.7 Å². The Morgan fingerprint density at radius 1 is 1.12 bits per heavy atom. The lowest BCUT2D eigenvalue weighted by Gasteiger charge is -2.33. The third-order valence-electron chi connectivity index (χ3n) is 3.97. The van der Waals surface area contributed by atoms with Crippen molar-refractivity contribution in [3.05, 3.63) is 42.9 Å². The van der Waals surface area contributed by atoms with Gasteiger partial charge >= 0.3 is 6.03 Å². The van der Waals surface area contributed by atoms with Crippen LogP contribution in [0.25, 0.3) is 0 Å². The zero-order chi connectivity index (χ0) is 17.3. The van der Waals surface area contributed by atoms with Gasteiger partial charge in [0.05, 0.1) is 0 Å². The number of aromatic nitrogens is 3. The first-order valence-electron chi connectivity index (χ1n) is 8.52. The number of carbonyl (C=O) groups is 1. The average Bonchev–Trinajstić information content (AvgIpc) is 2.67. The van der Waals surface area contributed by atoms with E-state index in [1.165, 1.54) is 0 Å². The van der Waals surface area contributed by atoms with Crippen LogP contribution >= 0.6 is 0 Å². The number of nitrogens with zero attached hydrogens (tertiary/aromatic N) is 4. The molecule has 0 saturated carbocycles. The molecule has 1 fully saturated rings. The number of hydrogen-bond donors (Lipinski definition) is 3. The van der Waals surface area contributed by atoms with Crippen LogP contribution in [0.15, 0.2) is 42.9 Å². The molecule has 1 atom stereocenters. The molecule has 0 bridgehead atoms. The Balaban J connectivity index is 1.37. The number of pyridine rings is 1. The number of urea groups is 1. The molecule has 3 rings (SSSR count). The van der Waals surface area contributed by atoms with Gasteiger partial charge in [-0.15, -0.1) is 0 Å². The molecule has 2 aromatic heterocycles. The van der Waals surface area contributed by atoms with Gasteiger partial charge in [0.15, 0.2) is 0 Å².